The van der Waals surface area contributed by atoms with E-state index in [9.17, 15) is 28.0 Å². The lowest BCUT2D eigenvalue weighted by molar-refractivity contribution is -0.130. The summed E-state index contributed by atoms with van der Waals surface area (Å²) >= 11 is 6.54. The molecule has 0 aliphatic carbocycles. The molecule has 0 spiro atoms. The van der Waals surface area contributed by atoms with Crippen LogP contribution in [0.1, 0.15) is 46.2 Å². The van der Waals surface area contributed by atoms with Gasteiger partial charge in [-0.05, 0) is 31.9 Å². The molecular formula is C33H30ClF5N6O2. The van der Waals surface area contributed by atoms with Crippen molar-refractivity contribution in [2.45, 2.75) is 52.7 Å². The Morgan fingerprint density at radius 3 is 2.17 bits per heavy atom. The predicted octanol–water partition coefficient (Wildman–Crippen LogP) is 6.70. The van der Waals surface area contributed by atoms with Gasteiger partial charge in [0.05, 0.1) is 28.0 Å². The number of allylic oxidation sites excluding steroid dienone is 1. The van der Waals surface area contributed by atoms with Crippen LogP contribution in [0.5, 0.6) is 0 Å². The summed E-state index contributed by atoms with van der Waals surface area (Å²) in [5, 5.41) is 10.1. The Morgan fingerprint density at radius 2 is 1.64 bits per heavy atom. The molecule has 2 aliphatic rings. The highest BCUT2D eigenvalue weighted by atomic mass is 35.5. The quantitative estimate of drug-likeness (QED) is 0.130. The number of carbonyl (C=O) groups is 1. The van der Waals surface area contributed by atoms with Gasteiger partial charge in [0.15, 0.2) is 23.3 Å². The van der Waals surface area contributed by atoms with E-state index >= 15 is 8.78 Å². The molecule has 4 atom stereocenters. The summed E-state index contributed by atoms with van der Waals surface area (Å²) in [6.07, 6.45) is 4.51. The normalized spacial score (nSPS) is 21.3. The average molecular weight is 673 g/mol. The highest BCUT2D eigenvalue weighted by molar-refractivity contribution is 6.34. The molecule has 1 unspecified atom stereocenters. The fourth-order valence-corrected chi connectivity index (χ4v) is 6.83. The number of aliphatic imine (C=N–C) groups is 1. The Hall–Kier alpha value is -4.57. The van der Waals surface area contributed by atoms with Gasteiger partial charge < -0.3 is 9.80 Å². The van der Waals surface area contributed by atoms with Crippen molar-refractivity contribution in [1.29, 1.82) is 5.26 Å². The van der Waals surface area contributed by atoms with Crippen molar-refractivity contribution < 1.29 is 26.7 Å². The molecule has 8 nitrogen and oxygen atoms in total. The van der Waals surface area contributed by atoms with Crippen LogP contribution in [0.2, 0.25) is 5.02 Å². The summed E-state index contributed by atoms with van der Waals surface area (Å²) in [7, 11) is 0. The Morgan fingerprint density at radius 1 is 1.06 bits per heavy atom. The first-order chi connectivity index (χ1) is 22.2. The molecule has 1 aromatic carbocycles. The van der Waals surface area contributed by atoms with Crippen molar-refractivity contribution in [1.82, 2.24) is 14.5 Å². The molecule has 0 radical (unpaired) electrons. The highest BCUT2D eigenvalue weighted by Gasteiger charge is 2.38. The zero-order chi connectivity index (χ0) is 34.6. The van der Waals surface area contributed by atoms with E-state index in [1.807, 2.05) is 19.9 Å². The molecule has 1 fully saturated rings. The minimum absolute atomic E-state index is 0.105. The van der Waals surface area contributed by atoms with Crippen molar-refractivity contribution in [3.05, 3.63) is 81.0 Å². The maximum absolute atomic E-state index is 15.1. The number of hydrogen-bond acceptors (Lipinski definition) is 6. The highest BCUT2D eigenvalue weighted by Crippen LogP contribution is 2.41. The van der Waals surface area contributed by atoms with Gasteiger partial charge in [0.1, 0.15) is 17.3 Å². The second-order valence-corrected chi connectivity index (χ2v) is 12.5. The molecule has 2 aromatic heterocycles. The van der Waals surface area contributed by atoms with Crippen molar-refractivity contribution in [3.8, 4) is 17.3 Å². The van der Waals surface area contributed by atoms with E-state index in [0.717, 1.165) is 0 Å². The maximum atomic E-state index is 15.1. The van der Waals surface area contributed by atoms with Crippen LogP contribution in [0.25, 0.3) is 22.3 Å². The van der Waals surface area contributed by atoms with Gasteiger partial charge in [-0.1, -0.05) is 45.0 Å². The van der Waals surface area contributed by atoms with Gasteiger partial charge in [0.25, 0.3) is 5.56 Å². The number of benzene rings is 1. The molecule has 0 saturated carbocycles. The average Bonchev–Trinajstić information content (AvgIpc) is 3.02. The van der Waals surface area contributed by atoms with Gasteiger partial charge in [-0.15, -0.1) is 0 Å². The summed E-state index contributed by atoms with van der Waals surface area (Å²) in [5.74, 6) is -11.9. The number of rotatable bonds is 5. The molecule has 3 aromatic rings. The van der Waals surface area contributed by atoms with Crippen molar-refractivity contribution in [2.24, 2.45) is 16.8 Å². The third-order valence-electron chi connectivity index (χ3n) is 8.62. The third kappa shape index (κ3) is 5.38. The van der Waals surface area contributed by atoms with E-state index in [1.54, 1.807) is 42.8 Å². The van der Waals surface area contributed by atoms with Gasteiger partial charge in [0.2, 0.25) is 11.7 Å². The molecule has 1 saturated heterocycles. The van der Waals surface area contributed by atoms with Gasteiger partial charge in [-0.3, -0.25) is 19.1 Å². The lowest BCUT2D eigenvalue weighted by atomic mass is 9.88. The van der Waals surface area contributed by atoms with Gasteiger partial charge in [0, 0.05) is 48.4 Å². The molecule has 0 bridgehead atoms. The molecule has 1 amide bonds. The molecule has 14 heteroatoms. The van der Waals surface area contributed by atoms with E-state index in [-0.39, 0.29) is 47.2 Å². The lowest BCUT2D eigenvalue weighted by Gasteiger charge is -2.45. The largest absolute Gasteiger partial charge is 0.366 e. The standard InChI is InChI=1S/C33H30ClF5N6O2/c1-7-21(46)44-16(5)12-43(13-17(44)6)31-18-10-20(34)29(22-23(35)25(37)27(39)26(38)24(22)36)42-32(18)45(33(47)19(31)11-40)30-15(4)8-9-41-28(30)14(2)3/h7-10,14-17,30H,1,12-13H2,2-6H3/t15?,16-,17+,30-/m1/s1. The molecule has 4 heterocycles. The molecule has 2 aliphatic heterocycles. The Kier molecular flexibility index (Phi) is 9.03. The minimum atomic E-state index is -2.35. The minimum Gasteiger partial charge on any atom is -0.366 e. The van der Waals surface area contributed by atoms with E-state index in [4.69, 9.17) is 11.6 Å². The van der Waals surface area contributed by atoms with Crippen LogP contribution in [-0.4, -0.2) is 51.2 Å². The second kappa shape index (κ2) is 12.6. The van der Waals surface area contributed by atoms with Crippen LogP contribution >= 0.6 is 11.6 Å². The summed E-state index contributed by atoms with van der Waals surface area (Å²) in [6, 6.07) is 1.56. The Labute approximate surface area is 272 Å². The van der Waals surface area contributed by atoms with Crippen LogP contribution in [0.15, 0.2) is 40.8 Å². The van der Waals surface area contributed by atoms with Crippen molar-refractivity contribution in [2.75, 3.05) is 18.0 Å². The van der Waals surface area contributed by atoms with E-state index in [0.29, 0.717) is 5.71 Å². The summed E-state index contributed by atoms with van der Waals surface area (Å²) < 4.78 is 74.2. The molecule has 246 valence electrons. The first kappa shape index (κ1) is 33.8. The van der Waals surface area contributed by atoms with Crippen LogP contribution in [0, 0.1) is 52.3 Å². The zero-order valence-corrected chi connectivity index (χ0v) is 26.8. The van der Waals surface area contributed by atoms with E-state index < -0.39 is 75.0 Å². The number of anilines is 1. The number of hydrogen-bond donors (Lipinski definition) is 0. The Bertz CT molecular complexity index is 1960. The third-order valence-corrected chi connectivity index (χ3v) is 8.90. The topological polar surface area (TPSA) is 94.6 Å². The van der Waals surface area contributed by atoms with Crippen LogP contribution < -0.4 is 10.5 Å². The fourth-order valence-electron chi connectivity index (χ4n) is 6.58. The lowest BCUT2D eigenvalue weighted by Crippen LogP contribution is -2.58. The predicted molar refractivity (Wildman–Crippen MR) is 169 cm³/mol. The number of aromatic nitrogens is 2. The molecule has 47 heavy (non-hydrogen) atoms. The van der Waals surface area contributed by atoms with Gasteiger partial charge in [-0.2, -0.15) is 5.26 Å². The number of pyridine rings is 2. The maximum Gasteiger partial charge on any atom is 0.272 e. The monoisotopic (exact) mass is 672 g/mol. The summed E-state index contributed by atoms with van der Waals surface area (Å²) in [4.78, 5) is 39.3. The number of nitriles is 1. The SMILES string of the molecule is C=CC(=O)N1[C@H](C)CN(c2c(C#N)c(=O)n([C@H]3C(C(C)C)=NC=CC3C)c3nc(-c4c(F)c(F)c(F)c(F)c4F)c(Cl)cc23)C[C@@H]1C. The second-order valence-electron chi connectivity index (χ2n) is 12.1. The van der Waals surface area contributed by atoms with Gasteiger partial charge >= 0.3 is 0 Å². The number of halogens is 6. The zero-order valence-electron chi connectivity index (χ0n) is 26.1. The van der Waals surface area contributed by atoms with E-state index in [2.05, 4.69) is 16.6 Å². The fraction of sp³-hybridized carbons (Fsp3) is 0.364. The molecule has 0 N–H and O–H groups in total. The number of amides is 1. The first-order valence-corrected chi connectivity index (χ1v) is 15.2. The van der Waals surface area contributed by atoms with Crippen molar-refractivity contribution in [3.63, 3.8) is 0 Å². The number of nitrogens with zero attached hydrogens (tertiary/aromatic N) is 6. The van der Waals surface area contributed by atoms with Crippen molar-refractivity contribution >= 4 is 39.9 Å². The van der Waals surface area contributed by atoms with Crippen LogP contribution in [0.4, 0.5) is 27.6 Å². The van der Waals surface area contributed by atoms with Crippen LogP contribution in [-0.2, 0) is 4.79 Å². The first-order valence-electron chi connectivity index (χ1n) is 14.8. The Balaban J connectivity index is 1.91. The van der Waals surface area contributed by atoms with Gasteiger partial charge in [-0.25, -0.2) is 26.9 Å². The number of piperazine rings is 1. The summed E-state index contributed by atoms with van der Waals surface area (Å²) in [6.45, 7) is 13.0. The molecular weight excluding hydrogens is 643 g/mol. The number of carbonyl (C=O) groups excluding carboxylic acids is 1. The number of fused-ring (bicyclic) bond motifs is 1. The smallest absolute Gasteiger partial charge is 0.272 e. The van der Waals surface area contributed by atoms with E-state index in [1.165, 1.54) is 16.7 Å². The molecule has 5 rings (SSSR count). The summed E-state index contributed by atoms with van der Waals surface area (Å²) in [5.41, 5.74) is -2.82. The van der Waals surface area contributed by atoms with Crippen LogP contribution in [0.3, 0.4) is 0 Å².